The van der Waals surface area contributed by atoms with Gasteiger partial charge < -0.3 is 15.2 Å². The van der Waals surface area contributed by atoms with Crippen LogP contribution in [0.1, 0.15) is 5.56 Å². The van der Waals surface area contributed by atoms with E-state index in [9.17, 15) is 36.2 Å². The topological polar surface area (TPSA) is 61.8 Å². The first-order valence-corrected chi connectivity index (χ1v) is 7.96. The summed E-state index contributed by atoms with van der Waals surface area (Å²) in [5, 5.41) is 11.9. The van der Waals surface area contributed by atoms with Gasteiger partial charge in [0.25, 0.3) is 5.60 Å². The molecule has 0 aliphatic heterocycles. The second-order valence-corrected chi connectivity index (χ2v) is 5.97. The molecular formula is C18H16F6N2O3. The molecule has 2 aromatic rings. The van der Waals surface area contributed by atoms with E-state index in [1.807, 2.05) is 0 Å². The second-order valence-electron chi connectivity index (χ2n) is 5.97. The lowest BCUT2D eigenvalue weighted by atomic mass is 9.92. The third kappa shape index (κ3) is 4.39. The fraction of sp³-hybridized carbons (Fsp3) is 0.278. The lowest BCUT2D eigenvalue weighted by Crippen LogP contribution is -2.53. The average Bonchev–Trinajstić information content (AvgIpc) is 2.65. The van der Waals surface area contributed by atoms with Crippen LogP contribution in [-0.2, 0) is 5.60 Å². The van der Waals surface area contributed by atoms with Gasteiger partial charge in [0, 0.05) is 24.0 Å². The molecule has 0 saturated heterocycles. The van der Waals surface area contributed by atoms with E-state index in [1.54, 1.807) is 24.3 Å². The molecule has 0 aliphatic carbocycles. The molecule has 2 aromatic carbocycles. The molecule has 0 aliphatic rings. The summed E-state index contributed by atoms with van der Waals surface area (Å²) in [6.45, 7) is 0. The lowest BCUT2D eigenvalue weighted by molar-refractivity contribution is -0.376. The van der Waals surface area contributed by atoms with E-state index >= 15 is 0 Å². The van der Waals surface area contributed by atoms with Crippen molar-refractivity contribution in [3.8, 4) is 5.75 Å². The summed E-state index contributed by atoms with van der Waals surface area (Å²) in [5.74, 6) is 0.550. The minimum atomic E-state index is -5.98. The van der Waals surface area contributed by atoms with Gasteiger partial charge in [-0.2, -0.15) is 26.3 Å². The molecule has 0 aromatic heterocycles. The van der Waals surface area contributed by atoms with Crippen molar-refractivity contribution < 1.29 is 41.0 Å². The van der Waals surface area contributed by atoms with Crippen LogP contribution in [0.25, 0.3) is 0 Å². The minimum absolute atomic E-state index is 0.00598. The quantitative estimate of drug-likeness (QED) is 0.704. The van der Waals surface area contributed by atoms with Crippen molar-refractivity contribution in [2.75, 3.05) is 24.4 Å². The van der Waals surface area contributed by atoms with Crippen LogP contribution in [0.3, 0.4) is 0 Å². The summed E-state index contributed by atoms with van der Waals surface area (Å²) in [5.41, 5.74) is -6.04. The summed E-state index contributed by atoms with van der Waals surface area (Å²) in [6.07, 6.45) is -12.0. The first kappa shape index (κ1) is 22.3. The largest absolute Gasteiger partial charge is 0.497 e. The number of methoxy groups -OCH3 is 1. The number of carbonyl (C=O) groups is 1. The second kappa shape index (κ2) is 7.82. The number of carbonyl (C=O) groups excluding carboxylic acids is 1. The third-order valence-corrected chi connectivity index (χ3v) is 4.14. The Hall–Kier alpha value is -2.95. The Morgan fingerprint density at radius 1 is 0.931 bits per heavy atom. The van der Waals surface area contributed by atoms with E-state index < -0.39 is 29.5 Å². The molecule has 0 heterocycles. The highest BCUT2D eigenvalue weighted by Crippen LogP contribution is 2.50. The zero-order chi connectivity index (χ0) is 22.0. The maximum absolute atomic E-state index is 12.9. The van der Waals surface area contributed by atoms with Crippen molar-refractivity contribution in [1.29, 1.82) is 0 Å². The van der Waals surface area contributed by atoms with Crippen LogP contribution in [0, 0.1) is 0 Å². The van der Waals surface area contributed by atoms with Crippen molar-refractivity contribution in [3.05, 3.63) is 54.1 Å². The Morgan fingerprint density at radius 2 is 1.41 bits per heavy atom. The van der Waals surface area contributed by atoms with E-state index in [2.05, 4.69) is 5.32 Å². The molecule has 0 atom stereocenters. The molecular weight excluding hydrogens is 406 g/mol. The molecule has 0 spiro atoms. The summed E-state index contributed by atoms with van der Waals surface area (Å²) < 4.78 is 82.5. The Kier molecular flexibility index (Phi) is 6.02. The summed E-state index contributed by atoms with van der Waals surface area (Å²) in [4.78, 5) is 13.2. The van der Waals surface area contributed by atoms with Crippen molar-refractivity contribution in [3.63, 3.8) is 0 Å². The van der Waals surface area contributed by atoms with E-state index in [0.717, 1.165) is 17.0 Å². The van der Waals surface area contributed by atoms with Crippen LogP contribution in [0.4, 0.5) is 42.5 Å². The zero-order valence-electron chi connectivity index (χ0n) is 15.1. The van der Waals surface area contributed by atoms with Crippen LogP contribution in [0.5, 0.6) is 5.75 Å². The number of rotatable bonds is 4. The number of benzene rings is 2. The Labute approximate surface area is 161 Å². The van der Waals surface area contributed by atoms with E-state index in [4.69, 9.17) is 4.74 Å². The van der Waals surface area contributed by atoms with Crippen LogP contribution in [0.15, 0.2) is 48.5 Å². The summed E-state index contributed by atoms with van der Waals surface area (Å²) >= 11 is 0. The third-order valence-electron chi connectivity index (χ3n) is 4.14. The molecule has 5 nitrogen and oxygen atoms in total. The molecule has 11 heteroatoms. The van der Waals surface area contributed by atoms with Crippen molar-refractivity contribution in [2.45, 2.75) is 18.0 Å². The van der Waals surface area contributed by atoms with Gasteiger partial charge in [-0.25, -0.2) is 4.79 Å². The minimum Gasteiger partial charge on any atom is -0.497 e. The smallest absolute Gasteiger partial charge is 0.430 e. The first-order valence-electron chi connectivity index (χ1n) is 7.96. The fourth-order valence-corrected chi connectivity index (χ4v) is 2.41. The SMILES string of the molecule is COc1ccc(NC(=O)N(C)c2ccc(C(O)(C(F)(F)F)C(F)(F)F)cc2)cc1. The molecule has 0 bridgehead atoms. The molecule has 0 unspecified atom stereocenters. The highest BCUT2D eigenvalue weighted by atomic mass is 19.4. The molecule has 158 valence electrons. The van der Waals surface area contributed by atoms with Gasteiger partial charge in [-0.15, -0.1) is 0 Å². The van der Waals surface area contributed by atoms with Crippen molar-refractivity contribution >= 4 is 17.4 Å². The number of anilines is 2. The predicted octanol–water partition coefficient (Wildman–Crippen LogP) is 4.68. The number of aliphatic hydroxyl groups is 1. The van der Waals surface area contributed by atoms with E-state index in [0.29, 0.717) is 23.6 Å². The first-order chi connectivity index (χ1) is 13.3. The predicted molar refractivity (Wildman–Crippen MR) is 92.9 cm³/mol. The van der Waals surface area contributed by atoms with Crippen LogP contribution >= 0.6 is 0 Å². The number of amides is 2. The maximum atomic E-state index is 12.9. The van der Waals surface area contributed by atoms with Gasteiger partial charge in [0.05, 0.1) is 7.11 Å². The Balaban J connectivity index is 2.22. The summed E-state index contributed by atoms with van der Waals surface area (Å²) in [6, 6.07) is 8.22. The van der Waals surface area contributed by atoms with E-state index in [1.165, 1.54) is 14.2 Å². The molecule has 0 saturated carbocycles. The number of nitrogens with zero attached hydrogens (tertiary/aromatic N) is 1. The highest BCUT2D eigenvalue weighted by Gasteiger charge is 2.71. The normalized spacial score (nSPS) is 12.4. The van der Waals surface area contributed by atoms with Gasteiger partial charge in [0.1, 0.15) is 5.75 Å². The molecule has 29 heavy (non-hydrogen) atoms. The summed E-state index contributed by atoms with van der Waals surface area (Å²) in [7, 11) is 2.73. The number of halogens is 6. The van der Waals surface area contributed by atoms with Gasteiger partial charge in [-0.05, 0) is 36.4 Å². The average molecular weight is 422 g/mol. The van der Waals surface area contributed by atoms with E-state index in [-0.39, 0.29) is 5.69 Å². The lowest BCUT2D eigenvalue weighted by Gasteiger charge is -2.32. The van der Waals surface area contributed by atoms with Crippen molar-refractivity contribution in [2.24, 2.45) is 0 Å². The molecule has 2 N–H and O–H groups in total. The Bertz CT molecular complexity index is 834. The van der Waals surface area contributed by atoms with Crippen LogP contribution < -0.4 is 15.0 Å². The number of ether oxygens (including phenoxy) is 1. The number of hydrogen-bond acceptors (Lipinski definition) is 3. The number of urea groups is 1. The van der Waals surface area contributed by atoms with Gasteiger partial charge in [0.2, 0.25) is 0 Å². The number of alkyl halides is 6. The van der Waals surface area contributed by atoms with Gasteiger partial charge in [-0.1, -0.05) is 12.1 Å². The molecule has 2 rings (SSSR count). The van der Waals surface area contributed by atoms with Crippen molar-refractivity contribution in [1.82, 2.24) is 0 Å². The maximum Gasteiger partial charge on any atom is 0.430 e. The van der Waals surface area contributed by atoms with Crippen LogP contribution in [-0.4, -0.2) is 37.6 Å². The Morgan fingerprint density at radius 3 is 1.83 bits per heavy atom. The fourth-order valence-electron chi connectivity index (χ4n) is 2.41. The highest BCUT2D eigenvalue weighted by molar-refractivity contribution is 6.01. The van der Waals surface area contributed by atoms with Gasteiger partial charge in [0.15, 0.2) is 0 Å². The number of hydrogen-bond donors (Lipinski definition) is 2. The molecule has 0 fully saturated rings. The van der Waals surface area contributed by atoms with Gasteiger partial charge >= 0.3 is 18.4 Å². The molecule has 2 amide bonds. The zero-order valence-corrected chi connectivity index (χ0v) is 15.1. The monoisotopic (exact) mass is 422 g/mol. The number of nitrogens with one attached hydrogen (secondary N) is 1. The van der Waals surface area contributed by atoms with Gasteiger partial charge in [-0.3, -0.25) is 4.90 Å². The molecule has 0 radical (unpaired) electrons. The van der Waals surface area contributed by atoms with Crippen LogP contribution in [0.2, 0.25) is 0 Å². The standard InChI is InChI=1S/C18H16F6N2O3/c1-26(15(27)25-12-5-9-14(29-2)10-6-12)13-7-3-11(4-8-13)16(28,17(19,20)21)18(22,23)24/h3-10,28H,1-2H3,(H,25,27).